The molecule has 0 aromatic heterocycles. The monoisotopic (exact) mass is 390 g/mol. The van der Waals surface area contributed by atoms with Crippen molar-refractivity contribution in [2.75, 3.05) is 19.8 Å². The first-order valence-electron chi connectivity index (χ1n) is 9.27. The topological polar surface area (TPSA) is 103 Å². The zero-order valence-corrected chi connectivity index (χ0v) is 16.4. The summed E-state index contributed by atoms with van der Waals surface area (Å²) in [7, 11) is 0. The largest absolute Gasteiger partial charge is 0.493 e. The summed E-state index contributed by atoms with van der Waals surface area (Å²) in [5, 5.41) is 5.19. The molecule has 1 aromatic carbocycles. The van der Waals surface area contributed by atoms with Gasteiger partial charge in [0.2, 0.25) is 0 Å². The summed E-state index contributed by atoms with van der Waals surface area (Å²) >= 11 is 0. The Hall–Kier alpha value is -3.03. The van der Waals surface area contributed by atoms with E-state index in [1.54, 1.807) is 6.92 Å². The summed E-state index contributed by atoms with van der Waals surface area (Å²) in [5.74, 6) is -0.374. The third kappa shape index (κ3) is 6.00. The maximum absolute atomic E-state index is 12.3. The normalized spacial score (nSPS) is 16.1. The Morgan fingerprint density at radius 3 is 2.46 bits per heavy atom. The van der Waals surface area contributed by atoms with Crippen molar-refractivity contribution in [1.82, 2.24) is 10.6 Å². The average molecular weight is 390 g/mol. The van der Waals surface area contributed by atoms with E-state index in [-0.39, 0.29) is 37.5 Å². The number of carbonyl (C=O) groups is 3. The molecule has 0 unspecified atom stereocenters. The highest BCUT2D eigenvalue weighted by Gasteiger charge is 2.31. The van der Waals surface area contributed by atoms with Crippen molar-refractivity contribution in [3.63, 3.8) is 0 Å². The fraction of sp³-hybridized carbons (Fsp3) is 0.450. The van der Waals surface area contributed by atoms with Gasteiger partial charge in [0, 0.05) is 0 Å². The van der Waals surface area contributed by atoms with Crippen LogP contribution >= 0.6 is 0 Å². The minimum atomic E-state index is -0.546. The number of hydrogen-bond acceptors (Lipinski definition) is 6. The number of aryl methyl sites for hydroxylation is 1. The van der Waals surface area contributed by atoms with Crippen LogP contribution in [0.25, 0.3) is 0 Å². The van der Waals surface area contributed by atoms with Gasteiger partial charge < -0.3 is 24.8 Å². The molecule has 0 saturated carbocycles. The highest BCUT2D eigenvalue weighted by molar-refractivity contribution is 5.94. The van der Waals surface area contributed by atoms with Crippen molar-refractivity contribution in [2.45, 2.75) is 39.7 Å². The van der Waals surface area contributed by atoms with Crippen molar-refractivity contribution < 1.29 is 28.6 Å². The third-order valence-corrected chi connectivity index (χ3v) is 4.12. The molecule has 1 aromatic rings. The predicted octanol–water partition coefficient (Wildman–Crippen LogP) is 2.22. The summed E-state index contributed by atoms with van der Waals surface area (Å²) < 4.78 is 15.8. The summed E-state index contributed by atoms with van der Waals surface area (Å²) in [4.78, 5) is 36.0. The summed E-state index contributed by atoms with van der Waals surface area (Å²) in [6.07, 6.45) is 0.544. The first kappa shape index (κ1) is 21.3. The molecule has 1 aliphatic heterocycles. The highest BCUT2D eigenvalue weighted by Crippen LogP contribution is 2.17. The van der Waals surface area contributed by atoms with Crippen LogP contribution in [0.3, 0.4) is 0 Å². The van der Waals surface area contributed by atoms with Gasteiger partial charge in [-0.2, -0.15) is 0 Å². The number of esters is 2. The summed E-state index contributed by atoms with van der Waals surface area (Å²) in [6, 6.07) is 6.54. The molecule has 8 nitrogen and oxygen atoms in total. The first-order valence-corrected chi connectivity index (χ1v) is 9.27. The van der Waals surface area contributed by atoms with Gasteiger partial charge in [0.1, 0.15) is 12.4 Å². The van der Waals surface area contributed by atoms with E-state index in [0.717, 1.165) is 5.56 Å². The van der Waals surface area contributed by atoms with E-state index in [0.29, 0.717) is 12.2 Å². The smallest absolute Gasteiger partial charge is 0.338 e. The molecular weight excluding hydrogens is 364 g/mol. The van der Waals surface area contributed by atoms with E-state index in [2.05, 4.69) is 10.6 Å². The maximum atomic E-state index is 12.3. The number of amides is 2. The van der Waals surface area contributed by atoms with Crippen LogP contribution in [-0.4, -0.2) is 43.8 Å². The summed E-state index contributed by atoms with van der Waals surface area (Å²) in [5.41, 5.74) is 1.63. The Bertz CT molecular complexity index is 742. The minimum Gasteiger partial charge on any atom is -0.493 e. The third-order valence-electron chi connectivity index (χ3n) is 4.12. The van der Waals surface area contributed by atoms with Crippen molar-refractivity contribution in [3.05, 3.63) is 41.1 Å². The molecule has 0 fully saturated rings. The van der Waals surface area contributed by atoms with Gasteiger partial charge >= 0.3 is 18.0 Å². The molecule has 1 aliphatic rings. The molecule has 152 valence electrons. The fourth-order valence-corrected chi connectivity index (χ4v) is 2.69. The molecule has 0 saturated heterocycles. The van der Waals surface area contributed by atoms with Crippen molar-refractivity contribution in [2.24, 2.45) is 0 Å². The standard InChI is InChI=1S/C20H26N2O6/c1-4-15-18(19(24)26-5-2)16(22-20(25)21-15)12-28-17(23)10-11-27-14-8-6-13(3)7-9-14/h6-9,15H,4-5,10-12H2,1-3H3,(H2,21,22,25)/t15-/m0/s1. The van der Waals surface area contributed by atoms with E-state index in [1.165, 1.54) is 0 Å². The Balaban J connectivity index is 1.92. The second kappa shape index (κ2) is 10.3. The molecule has 0 aliphatic carbocycles. The van der Waals surface area contributed by atoms with Crippen LogP contribution < -0.4 is 15.4 Å². The van der Waals surface area contributed by atoms with Crippen LogP contribution in [0.2, 0.25) is 0 Å². The lowest BCUT2D eigenvalue weighted by Gasteiger charge is -2.28. The molecular formula is C20H26N2O6. The number of hydrogen-bond donors (Lipinski definition) is 2. The lowest BCUT2D eigenvalue weighted by atomic mass is 10.0. The van der Waals surface area contributed by atoms with E-state index >= 15 is 0 Å². The molecule has 1 heterocycles. The molecule has 2 rings (SSSR count). The van der Waals surface area contributed by atoms with Crippen molar-refractivity contribution in [3.8, 4) is 5.75 Å². The molecule has 0 spiro atoms. The van der Waals surface area contributed by atoms with Crippen LogP contribution in [0, 0.1) is 6.92 Å². The van der Waals surface area contributed by atoms with Gasteiger partial charge in [0.25, 0.3) is 0 Å². The number of carbonyl (C=O) groups excluding carboxylic acids is 3. The van der Waals surface area contributed by atoms with Crippen LogP contribution in [0.4, 0.5) is 4.79 Å². The molecule has 0 bridgehead atoms. The fourth-order valence-electron chi connectivity index (χ4n) is 2.69. The SMILES string of the molecule is CCOC(=O)C1=C(COC(=O)CCOc2ccc(C)cc2)NC(=O)N[C@H]1CC. The van der Waals surface area contributed by atoms with Gasteiger partial charge in [-0.05, 0) is 32.4 Å². The van der Waals surface area contributed by atoms with Crippen LogP contribution in [0.1, 0.15) is 32.3 Å². The average Bonchev–Trinajstić information content (AvgIpc) is 2.67. The van der Waals surface area contributed by atoms with Gasteiger partial charge in [-0.15, -0.1) is 0 Å². The van der Waals surface area contributed by atoms with Gasteiger partial charge in [-0.1, -0.05) is 24.6 Å². The Kier molecular flexibility index (Phi) is 7.86. The van der Waals surface area contributed by atoms with E-state index in [9.17, 15) is 14.4 Å². The summed E-state index contributed by atoms with van der Waals surface area (Å²) in [6.45, 7) is 5.65. The highest BCUT2D eigenvalue weighted by atomic mass is 16.5. The molecule has 0 radical (unpaired) electrons. The Morgan fingerprint density at radius 2 is 1.82 bits per heavy atom. The lowest BCUT2D eigenvalue weighted by Crippen LogP contribution is -2.51. The number of rotatable bonds is 9. The van der Waals surface area contributed by atoms with Gasteiger partial charge in [0.15, 0.2) is 0 Å². The van der Waals surface area contributed by atoms with E-state index in [1.807, 2.05) is 38.1 Å². The number of nitrogens with one attached hydrogen (secondary N) is 2. The Labute approximate surface area is 164 Å². The van der Waals surface area contributed by atoms with Crippen LogP contribution in [0.5, 0.6) is 5.75 Å². The second-order valence-electron chi connectivity index (χ2n) is 6.24. The first-order chi connectivity index (χ1) is 13.4. The molecule has 8 heteroatoms. The minimum absolute atomic E-state index is 0.0410. The molecule has 1 atom stereocenters. The lowest BCUT2D eigenvalue weighted by molar-refractivity contribution is -0.144. The quantitative estimate of drug-likeness (QED) is 0.627. The maximum Gasteiger partial charge on any atom is 0.338 e. The zero-order valence-electron chi connectivity index (χ0n) is 16.4. The van der Waals surface area contributed by atoms with Crippen LogP contribution in [-0.2, 0) is 19.1 Å². The zero-order chi connectivity index (χ0) is 20.5. The number of urea groups is 1. The van der Waals surface area contributed by atoms with Crippen molar-refractivity contribution >= 4 is 18.0 Å². The molecule has 28 heavy (non-hydrogen) atoms. The number of ether oxygens (including phenoxy) is 3. The molecule has 2 amide bonds. The van der Waals surface area contributed by atoms with Crippen LogP contribution in [0.15, 0.2) is 35.5 Å². The van der Waals surface area contributed by atoms with Gasteiger partial charge in [-0.3, -0.25) is 4.79 Å². The number of benzene rings is 1. The van der Waals surface area contributed by atoms with E-state index < -0.39 is 24.0 Å². The van der Waals surface area contributed by atoms with Gasteiger partial charge in [-0.25, -0.2) is 9.59 Å². The van der Waals surface area contributed by atoms with Crippen molar-refractivity contribution in [1.29, 1.82) is 0 Å². The van der Waals surface area contributed by atoms with E-state index in [4.69, 9.17) is 14.2 Å². The second-order valence-corrected chi connectivity index (χ2v) is 6.24. The predicted molar refractivity (Wildman–Crippen MR) is 102 cm³/mol. The molecule has 2 N–H and O–H groups in total. The van der Waals surface area contributed by atoms with Gasteiger partial charge in [0.05, 0.1) is 36.9 Å². The Morgan fingerprint density at radius 1 is 1.11 bits per heavy atom.